The Morgan fingerprint density at radius 3 is 2.31 bits per heavy atom. The monoisotopic (exact) mass is 579 g/mol. The Kier molecular flexibility index (Phi) is 5.42. The third-order valence-corrected chi connectivity index (χ3v) is 12.4. The van der Waals surface area contributed by atoms with Crippen LogP contribution in [-0.2, 0) is 11.2 Å². The Morgan fingerprint density at radius 2 is 1.62 bits per heavy atom. The van der Waals surface area contributed by atoms with E-state index in [4.69, 9.17) is 11.6 Å². The largest absolute Gasteiger partial charge is 0.508 e. The van der Waals surface area contributed by atoms with E-state index in [2.05, 4.69) is 13.0 Å². The molecule has 6 heteroatoms. The lowest BCUT2D eigenvalue weighted by atomic mass is 9.55. The first kappa shape index (κ1) is 26.4. The minimum atomic E-state index is -1.56. The molecule has 4 aliphatic carbocycles. The van der Waals surface area contributed by atoms with E-state index in [-0.39, 0.29) is 35.1 Å². The van der Waals surface area contributed by atoms with Gasteiger partial charge in [-0.2, -0.15) is 0 Å². The maximum absolute atomic E-state index is 15.5. The van der Waals surface area contributed by atoms with E-state index in [0.717, 1.165) is 31.2 Å². The number of phenolic OH excluding ortho intramolecular Hbond substituents is 1. The number of carbonyl (C=O) groups excluding carboxylic acids is 3. The van der Waals surface area contributed by atoms with E-state index in [1.165, 1.54) is 11.1 Å². The lowest BCUT2D eigenvalue weighted by Gasteiger charge is -2.48. The summed E-state index contributed by atoms with van der Waals surface area (Å²) in [6, 6.07) is 20.5. The van der Waals surface area contributed by atoms with Gasteiger partial charge in [0.05, 0.1) is 5.41 Å². The number of likely N-dealkylation sites (N-methyl/N-ethyl adjacent to an activating group) is 1. The predicted molar refractivity (Wildman–Crippen MR) is 160 cm³/mol. The molecule has 0 bridgehead atoms. The van der Waals surface area contributed by atoms with Crippen LogP contribution in [0.3, 0.4) is 0 Å². The second kappa shape index (κ2) is 8.64. The highest BCUT2D eigenvalue weighted by Crippen LogP contribution is 2.72. The Hall–Kier alpha value is -3.28. The third-order valence-electron chi connectivity index (χ3n) is 12.2. The first-order chi connectivity index (χ1) is 20.1. The number of ketones is 3. The summed E-state index contributed by atoms with van der Waals surface area (Å²) in [5.74, 6) is 0.239. The second-order valence-electron chi connectivity index (χ2n) is 13.7. The summed E-state index contributed by atoms with van der Waals surface area (Å²) >= 11 is 6.30. The normalized spacial score (nSPS) is 34.5. The highest BCUT2D eigenvalue weighted by molar-refractivity contribution is 6.36. The van der Waals surface area contributed by atoms with Gasteiger partial charge in [-0.1, -0.05) is 61.0 Å². The number of aryl methyl sites for hydroxylation is 1. The number of phenols is 1. The number of Topliss-reactive ketones (excluding diaryl/α,β-unsaturated/α-hetero) is 3. The van der Waals surface area contributed by atoms with Gasteiger partial charge >= 0.3 is 0 Å². The van der Waals surface area contributed by atoms with Crippen LogP contribution in [0.25, 0.3) is 0 Å². The molecule has 3 aromatic carbocycles. The van der Waals surface area contributed by atoms with Crippen LogP contribution < -0.4 is 0 Å². The van der Waals surface area contributed by atoms with Crippen molar-refractivity contribution in [3.8, 4) is 5.75 Å². The van der Waals surface area contributed by atoms with Gasteiger partial charge in [0.1, 0.15) is 11.5 Å². The van der Waals surface area contributed by atoms with Crippen molar-refractivity contribution >= 4 is 29.0 Å². The van der Waals surface area contributed by atoms with Crippen LogP contribution in [0.1, 0.15) is 81.8 Å². The zero-order chi connectivity index (χ0) is 29.2. The number of rotatable bonds is 1. The SMILES string of the molecule is CN1C[C@H](c2ccc(Cl)cc2)[C@@]2(C[C@H]3[C@@H]4CCc5cc(O)ccc5[C@H]4CC[C@]3(C)C2=O)C12C(=O)c1ccccc1C2=O. The number of hydrogen-bond donors (Lipinski definition) is 1. The third kappa shape index (κ3) is 2.96. The van der Waals surface area contributed by atoms with Crippen molar-refractivity contribution in [3.63, 3.8) is 0 Å². The molecule has 5 aliphatic rings. The smallest absolute Gasteiger partial charge is 0.192 e. The van der Waals surface area contributed by atoms with Gasteiger partial charge in [0.15, 0.2) is 17.1 Å². The van der Waals surface area contributed by atoms with E-state index in [1.807, 2.05) is 42.3 Å². The first-order valence-corrected chi connectivity index (χ1v) is 15.5. The Balaban J connectivity index is 1.33. The van der Waals surface area contributed by atoms with Crippen molar-refractivity contribution in [2.24, 2.45) is 22.7 Å². The first-order valence-electron chi connectivity index (χ1n) is 15.2. The molecule has 2 saturated carbocycles. The Labute approximate surface area is 250 Å². The summed E-state index contributed by atoms with van der Waals surface area (Å²) in [5, 5.41) is 10.8. The average Bonchev–Trinajstić information content (AvgIpc) is 3.49. The van der Waals surface area contributed by atoms with Gasteiger partial charge in [-0.05, 0) is 97.9 Å². The zero-order valence-electron chi connectivity index (χ0n) is 23.9. The molecule has 42 heavy (non-hydrogen) atoms. The number of likely N-dealkylation sites (tertiary alicyclic amines) is 1. The summed E-state index contributed by atoms with van der Waals surface area (Å²) in [4.78, 5) is 46.8. The Morgan fingerprint density at radius 1 is 0.929 bits per heavy atom. The molecule has 3 fully saturated rings. The summed E-state index contributed by atoms with van der Waals surface area (Å²) in [7, 11) is 1.86. The minimum Gasteiger partial charge on any atom is -0.508 e. The van der Waals surface area contributed by atoms with E-state index in [0.29, 0.717) is 40.8 Å². The standard InChI is InChI=1S/C36H34ClNO4/c1-34-16-15-25-24-14-12-23(39)17-21(24)9-13-26(25)29(34)18-35(33(34)42)30(20-7-10-22(37)11-8-20)19-38(2)36(35)31(40)27-5-3-4-6-28(27)32(36)41/h3-8,10-12,14,17,25-26,29-30,39H,9,13,15-16,18-19H2,1-2H3/t25-,26-,29+,30-,34+,35-/m1/s1. The molecule has 3 aromatic rings. The molecular weight excluding hydrogens is 546 g/mol. The van der Waals surface area contributed by atoms with Crippen LogP contribution in [-0.4, -0.2) is 46.5 Å². The lowest BCUT2D eigenvalue weighted by Crippen LogP contribution is -2.63. The number of hydrogen-bond acceptors (Lipinski definition) is 5. The van der Waals surface area contributed by atoms with Crippen LogP contribution >= 0.6 is 11.6 Å². The molecule has 2 spiro atoms. The molecule has 0 unspecified atom stereocenters. The quantitative estimate of drug-likeness (QED) is 0.328. The molecule has 6 atom stereocenters. The van der Waals surface area contributed by atoms with Crippen molar-refractivity contribution < 1.29 is 19.5 Å². The molecule has 1 aliphatic heterocycles. The number of fused-ring (bicyclic) bond motifs is 7. The molecule has 1 heterocycles. The number of nitrogens with zero attached hydrogens (tertiary/aromatic N) is 1. The van der Waals surface area contributed by atoms with Crippen molar-refractivity contribution in [3.05, 3.63) is 99.6 Å². The van der Waals surface area contributed by atoms with Crippen molar-refractivity contribution in [1.29, 1.82) is 0 Å². The highest BCUT2D eigenvalue weighted by atomic mass is 35.5. The summed E-state index contributed by atoms with van der Waals surface area (Å²) in [6.07, 6.45) is 3.91. The van der Waals surface area contributed by atoms with Crippen LogP contribution in [0.5, 0.6) is 5.75 Å². The number of aromatic hydroxyl groups is 1. The molecule has 5 nitrogen and oxygen atoms in total. The van der Waals surface area contributed by atoms with Crippen LogP contribution in [0.15, 0.2) is 66.7 Å². The molecule has 214 valence electrons. The number of benzene rings is 3. The molecule has 1 saturated heterocycles. The molecular formula is C36H34ClNO4. The van der Waals surface area contributed by atoms with Gasteiger partial charge < -0.3 is 5.11 Å². The van der Waals surface area contributed by atoms with Gasteiger partial charge in [0, 0.05) is 34.0 Å². The molecule has 1 N–H and O–H groups in total. The highest BCUT2D eigenvalue weighted by Gasteiger charge is 2.81. The average molecular weight is 580 g/mol. The van der Waals surface area contributed by atoms with E-state index < -0.39 is 16.4 Å². The zero-order valence-corrected chi connectivity index (χ0v) is 24.7. The lowest BCUT2D eigenvalue weighted by molar-refractivity contribution is -0.138. The predicted octanol–water partition coefficient (Wildman–Crippen LogP) is 6.61. The van der Waals surface area contributed by atoms with Crippen LogP contribution in [0.4, 0.5) is 0 Å². The van der Waals surface area contributed by atoms with E-state index in [9.17, 15) is 14.7 Å². The van der Waals surface area contributed by atoms with Gasteiger partial charge in [-0.3, -0.25) is 19.3 Å². The van der Waals surface area contributed by atoms with Crippen molar-refractivity contribution in [2.75, 3.05) is 13.6 Å². The fraction of sp³-hybridized carbons (Fsp3) is 0.417. The van der Waals surface area contributed by atoms with Crippen LogP contribution in [0.2, 0.25) is 5.02 Å². The summed E-state index contributed by atoms with van der Waals surface area (Å²) in [5.41, 5.74) is 0.923. The summed E-state index contributed by atoms with van der Waals surface area (Å²) < 4.78 is 0. The minimum absolute atomic E-state index is 0.0493. The van der Waals surface area contributed by atoms with Gasteiger partial charge in [-0.25, -0.2) is 0 Å². The van der Waals surface area contributed by atoms with Crippen LogP contribution in [0, 0.1) is 22.7 Å². The maximum Gasteiger partial charge on any atom is 0.192 e. The molecule has 0 radical (unpaired) electrons. The Bertz CT molecular complexity index is 1660. The maximum atomic E-state index is 15.5. The number of carbonyl (C=O) groups is 3. The second-order valence-corrected chi connectivity index (χ2v) is 14.1. The fourth-order valence-corrected chi connectivity index (χ4v) is 10.6. The van der Waals surface area contributed by atoms with Gasteiger partial charge in [0.2, 0.25) is 0 Å². The van der Waals surface area contributed by atoms with Crippen molar-refractivity contribution in [2.45, 2.75) is 56.4 Å². The fourth-order valence-electron chi connectivity index (χ4n) is 10.5. The van der Waals surface area contributed by atoms with Gasteiger partial charge in [-0.15, -0.1) is 0 Å². The summed E-state index contributed by atoms with van der Waals surface area (Å²) in [6.45, 7) is 2.57. The van der Waals surface area contributed by atoms with Crippen molar-refractivity contribution in [1.82, 2.24) is 4.90 Å². The number of halogens is 1. The molecule has 0 amide bonds. The molecule has 0 aromatic heterocycles. The molecule has 8 rings (SSSR count). The van der Waals surface area contributed by atoms with E-state index >= 15 is 4.79 Å². The topological polar surface area (TPSA) is 74.7 Å². The van der Waals surface area contributed by atoms with Gasteiger partial charge in [0.25, 0.3) is 0 Å². The van der Waals surface area contributed by atoms with E-state index in [1.54, 1.807) is 30.3 Å².